The number of hydrogen-bond donors (Lipinski definition) is 0. The molecule has 2 nitrogen and oxygen atoms in total. The lowest BCUT2D eigenvalue weighted by atomic mass is 10.1. The number of quaternary nitrogens is 1. The van der Waals surface area contributed by atoms with Crippen molar-refractivity contribution in [3.63, 3.8) is 0 Å². The van der Waals surface area contributed by atoms with Gasteiger partial charge in [0.05, 0.1) is 26.7 Å². The Morgan fingerprint density at radius 3 is 2.44 bits per heavy atom. The molecule has 2 aliphatic rings. The Bertz CT molecular complexity index is 405. The molecule has 2 bridgehead atoms. The normalized spacial score (nSPS) is 33.2. The van der Waals surface area contributed by atoms with E-state index < -0.39 is 0 Å². The highest BCUT2D eigenvalue weighted by molar-refractivity contribution is 5.26. The lowest BCUT2D eigenvalue weighted by Crippen LogP contribution is -3.00. The second kappa shape index (κ2) is 5.22. The summed E-state index contributed by atoms with van der Waals surface area (Å²) < 4.78 is 6.47. The summed E-state index contributed by atoms with van der Waals surface area (Å²) >= 11 is 0. The van der Waals surface area contributed by atoms with E-state index in [-0.39, 0.29) is 17.0 Å². The predicted octanol–water partition coefficient (Wildman–Crippen LogP) is -0.172. The van der Waals surface area contributed by atoms with Gasteiger partial charge in [0.15, 0.2) is 0 Å². The minimum absolute atomic E-state index is 0. The molecule has 3 atom stereocenters. The van der Waals surface area contributed by atoms with Gasteiger partial charge in [-0.2, -0.15) is 0 Å². The molecule has 1 aliphatic heterocycles. The van der Waals surface area contributed by atoms with E-state index in [9.17, 15) is 0 Å². The van der Waals surface area contributed by atoms with Crippen molar-refractivity contribution in [3.05, 3.63) is 29.8 Å². The van der Waals surface area contributed by atoms with Crippen LogP contribution in [0.2, 0.25) is 0 Å². The molecule has 0 radical (unpaired) electrons. The summed E-state index contributed by atoms with van der Waals surface area (Å²) in [5, 5.41) is 0. The summed E-state index contributed by atoms with van der Waals surface area (Å²) in [4.78, 5) is 0. The molecule has 0 amide bonds. The van der Waals surface area contributed by atoms with Crippen LogP contribution in [0.15, 0.2) is 24.3 Å². The minimum Gasteiger partial charge on any atom is -1.00 e. The second-order valence-corrected chi connectivity index (χ2v) is 6.00. The van der Waals surface area contributed by atoms with Crippen molar-refractivity contribution < 1.29 is 26.2 Å². The van der Waals surface area contributed by atoms with Gasteiger partial charge in [0.25, 0.3) is 0 Å². The van der Waals surface area contributed by atoms with Crippen LogP contribution in [0.25, 0.3) is 0 Å². The smallest absolute Gasteiger partial charge is 0.118 e. The third kappa shape index (κ3) is 2.43. The zero-order valence-corrected chi connectivity index (χ0v) is 12.8. The van der Waals surface area contributed by atoms with Crippen LogP contribution in [-0.2, 0) is 6.54 Å². The van der Waals surface area contributed by atoms with Crippen LogP contribution < -0.4 is 21.7 Å². The second-order valence-electron chi connectivity index (χ2n) is 6.00. The summed E-state index contributed by atoms with van der Waals surface area (Å²) in [7, 11) is 4.16. The Morgan fingerprint density at radius 1 is 1.22 bits per heavy atom. The molecule has 1 saturated heterocycles. The van der Waals surface area contributed by atoms with Crippen LogP contribution in [0.3, 0.4) is 0 Å². The SMILES string of the molecule is COc1ccc(C[N+]2(C)CC3CC[C@H]2C3)cc1.[Br-]. The molecule has 0 spiro atoms. The summed E-state index contributed by atoms with van der Waals surface area (Å²) in [6, 6.07) is 9.51. The third-order valence-electron chi connectivity index (χ3n) is 4.77. The Balaban J connectivity index is 0.00000120. The molecule has 3 heteroatoms. The van der Waals surface area contributed by atoms with Gasteiger partial charge in [0.2, 0.25) is 0 Å². The maximum atomic E-state index is 5.21. The molecule has 1 heterocycles. The number of benzene rings is 1. The highest BCUT2D eigenvalue weighted by atomic mass is 79.9. The number of methoxy groups -OCH3 is 1. The molecule has 2 fully saturated rings. The monoisotopic (exact) mass is 311 g/mol. The van der Waals surface area contributed by atoms with Gasteiger partial charge in [-0.05, 0) is 37.1 Å². The lowest BCUT2D eigenvalue weighted by molar-refractivity contribution is -0.938. The number of rotatable bonds is 3. The van der Waals surface area contributed by atoms with Crippen molar-refractivity contribution in [1.82, 2.24) is 0 Å². The van der Waals surface area contributed by atoms with Gasteiger partial charge in [-0.1, -0.05) is 0 Å². The first kappa shape index (κ1) is 13.9. The van der Waals surface area contributed by atoms with E-state index in [1.807, 2.05) is 0 Å². The van der Waals surface area contributed by atoms with Gasteiger partial charge in [-0.15, -0.1) is 0 Å². The van der Waals surface area contributed by atoms with E-state index in [4.69, 9.17) is 4.74 Å². The first-order valence-corrected chi connectivity index (χ1v) is 6.67. The van der Waals surface area contributed by atoms with E-state index in [1.54, 1.807) is 7.11 Å². The first-order chi connectivity index (χ1) is 8.19. The van der Waals surface area contributed by atoms with Crippen molar-refractivity contribution in [2.24, 2.45) is 5.92 Å². The van der Waals surface area contributed by atoms with Crippen LogP contribution in [0, 0.1) is 5.92 Å². The number of halogens is 1. The average Bonchev–Trinajstić information content (AvgIpc) is 2.89. The molecular formula is C15H22BrNO. The van der Waals surface area contributed by atoms with E-state index in [0.717, 1.165) is 17.7 Å². The molecule has 3 rings (SSSR count). The summed E-state index contributed by atoms with van der Waals surface area (Å²) in [6.07, 6.45) is 4.38. The van der Waals surface area contributed by atoms with Crippen LogP contribution in [0.1, 0.15) is 24.8 Å². The number of hydrogen-bond acceptors (Lipinski definition) is 1. The largest absolute Gasteiger partial charge is 1.00 e. The van der Waals surface area contributed by atoms with Gasteiger partial charge in [-0.25, -0.2) is 0 Å². The molecule has 1 aliphatic carbocycles. The van der Waals surface area contributed by atoms with Gasteiger partial charge in [-0.3, -0.25) is 0 Å². The number of ether oxygens (including phenoxy) is 1. The topological polar surface area (TPSA) is 9.23 Å². The maximum Gasteiger partial charge on any atom is 0.118 e. The molecule has 0 aromatic heterocycles. The van der Waals surface area contributed by atoms with E-state index in [2.05, 4.69) is 31.3 Å². The van der Waals surface area contributed by atoms with E-state index >= 15 is 0 Å². The van der Waals surface area contributed by atoms with Crippen LogP contribution in [-0.4, -0.2) is 31.2 Å². The minimum atomic E-state index is 0. The zero-order valence-electron chi connectivity index (χ0n) is 11.2. The van der Waals surface area contributed by atoms with Gasteiger partial charge in [0, 0.05) is 17.9 Å². The zero-order chi connectivity index (χ0) is 11.9. The van der Waals surface area contributed by atoms with Crippen molar-refractivity contribution >= 4 is 0 Å². The van der Waals surface area contributed by atoms with Gasteiger partial charge < -0.3 is 26.2 Å². The Kier molecular flexibility index (Phi) is 4.02. The lowest BCUT2D eigenvalue weighted by Gasteiger charge is -2.38. The first-order valence-electron chi connectivity index (χ1n) is 6.67. The molecule has 2 unspecified atom stereocenters. The fourth-order valence-corrected chi connectivity index (χ4v) is 3.86. The molecule has 1 aromatic rings. The number of fused-ring (bicyclic) bond motifs is 2. The Morgan fingerprint density at radius 2 is 1.94 bits per heavy atom. The highest BCUT2D eigenvalue weighted by Crippen LogP contribution is 2.42. The van der Waals surface area contributed by atoms with Gasteiger partial charge in [0.1, 0.15) is 12.3 Å². The van der Waals surface area contributed by atoms with Crippen molar-refractivity contribution in [2.75, 3.05) is 20.7 Å². The number of nitrogens with zero attached hydrogens (tertiary/aromatic N) is 1. The maximum absolute atomic E-state index is 5.21. The number of piperidine rings is 1. The van der Waals surface area contributed by atoms with Gasteiger partial charge >= 0.3 is 0 Å². The van der Waals surface area contributed by atoms with Crippen molar-refractivity contribution in [2.45, 2.75) is 31.8 Å². The molecular weight excluding hydrogens is 290 g/mol. The van der Waals surface area contributed by atoms with E-state index in [1.165, 1.54) is 42.4 Å². The number of likely N-dealkylation sites (tertiary alicyclic amines) is 1. The standard InChI is InChI=1S/C15H22NO.BrH/c1-16(11-13-3-6-14(16)9-13)10-12-4-7-15(17-2)8-5-12;/h4-5,7-8,13-14H,3,6,9-11H2,1-2H3;1H/q+1;/p-1/t13?,14-,16?;/m0./s1. The predicted molar refractivity (Wildman–Crippen MR) is 68.9 cm³/mol. The fourth-order valence-electron chi connectivity index (χ4n) is 3.86. The molecule has 0 N–H and O–H groups in total. The highest BCUT2D eigenvalue weighted by Gasteiger charge is 2.48. The van der Waals surface area contributed by atoms with E-state index in [0.29, 0.717) is 0 Å². The van der Waals surface area contributed by atoms with Crippen molar-refractivity contribution in [1.29, 1.82) is 0 Å². The molecule has 1 aromatic carbocycles. The summed E-state index contributed by atoms with van der Waals surface area (Å²) in [5.74, 6) is 1.96. The third-order valence-corrected chi connectivity index (χ3v) is 4.77. The molecule has 18 heavy (non-hydrogen) atoms. The molecule has 1 saturated carbocycles. The fraction of sp³-hybridized carbons (Fsp3) is 0.600. The quantitative estimate of drug-likeness (QED) is 0.704. The Hall–Kier alpha value is -0.540. The Labute approximate surface area is 120 Å². The summed E-state index contributed by atoms with van der Waals surface area (Å²) in [6.45, 7) is 2.57. The van der Waals surface area contributed by atoms with Crippen LogP contribution >= 0.6 is 0 Å². The van der Waals surface area contributed by atoms with Crippen LogP contribution in [0.5, 0.6) is 5.75 Å². The average molecular weight is 312 g/mol. The molecule has 100 valence electrons. The van der Waals surface area contributed by atoms with Crippen molar-refractivity contribution in [3.8, 4) is 5.75 Å². The van der Waals surface area contributed by atoms with Crippen LogP contribution in [0.4, 0.5) is 0 Å². The summed E-state index contributed by atoms with van der Waals surface area (Å²) in [5.41, 5.74) is 1.45.